The van der Waals surface area contributed by atoms with Gasteiger partial charge in [0.05, 0.1) is 22.8 Å². The van der Waals surface area contributed by atoms with Crippen LogP contribution in [0, 0.1) is 0 Å². The largest absolute Gasteiger partial charge is 0.364 e. The van der Waals surface area contributed by atoms with E-state index in [9.17, 15) is 4.79 Å². The summed E-state index contributed by atoms with van der Waals surface area (Å²) in [6.45, 7) is 0. The second kappa shape index (κ2) is 5.50. The fraction of sp³-hybridized carbons (Fsp3) is 0. The van der Waals surface area contributed by atoms with Gasteiger partial charge in [-0.05, 0) is 36.4 Å². The lowest BCUT2D eigenvalue weighted by Crippen LogP contribution is -2.13. The lowest BCUT2D eigenvalue weighted by molar-refractivity contribution is 0.0995. The normalized spacial score (nSPS) is 10.3. The molecule has 3 aromatic heterocycles. The molecular weight excluding hydrogens is 264 g/mol. The molecule has 0 aliphatic heterocycles. The number of aromatic nitrogens is 3. The summed E-state index contributed by atoms with van der Waals surface area (Å²) in [6.07, 6.45) is 1.72. The van der Waals surface area contributed by atoms with Gasteiger partial charge < -0.3 is 5.73 Å². The Morgan fingerprint density at radius 1 is 0.762 bits per heavy atom. The highest BCUT2D eigenvalue weighted by Gasteiger charge is 2.08. The zero-order valence-electron chi connectivity index (χ0n) is 11.1. The topological polar surface area (TPSA) is 81.8 Å². The van der Waals surface area contributed by atoms with Crippen molar-refractivity contribution in [1.29, 1.82) is 0 Å². The van der Waals surface area contributed by atoms with Gasteiger partial charge in [-0.3, -0.25) is 9.78 Å². The fourth-order valence-electron chi connectivity index (χ4n) is 1.95. The van der Waals surface area contributed by atoms with Gasteiger partial charge in [-0.15, -0.1) is 0 Å². The third-order valence-electron chi connectivity index (χ3n) is 2.94. The van der Waals surface area contributed by atoms with Crippen LogP contribution in [0.1, 0.15) is 10.5 Å². The highest BCUT2D eigenvalue weighted by molar-refractivity contribution is 5.91. The number of carbonyl (C=O) groups excluding carboxylic acids is 1. The van der Waals surface area contributed by atoms with Gasteiger partial charge >= 0.3 is 0 Å². The van der Waals surface area contributed by atoms with Crippen molar-refractivity contribution in [2.24, 2.45) is 5.73 Å². The molecule has 0 unspecified atom stereocenters. The summed E-state index contributed by atoms with van der Waals surface area (Å²) in [7, 11) is 0. The third-order valence-corrected chi connectivity index (χ3v) is 2.94. The molecule has 0 aliphatic carbocycles. The van der Waals surface area contributed by atoms with Crippen molar-refractivity contribution in [3.63, 3.8) is 0 Å². The molecule has 3 aromatic rings. The lowest BCUT2D eigenvalue weighted by Gasteiger charge is -2.04. The number of hydrogen-bond donors (Lipinski definition) is 1. The minimum absolute atomic E-state index is 0.220. The number of pyridine rings is 3. The zero-order valence-corrected chi connectivity index (χ0v) is 11.1. The second-order valence-electron chi connectivity index (χ2n) is 4.40. The molecule has 0 aromatic carbocycles. The molecule has 102 valence electrons. The van der Waals surface area contributed by atoms with Gasteiger partial charge in [0.25, 0.3) is 5.91 Å². The zero-order chi connectivity index (χ0) is 14.7. The molecule has 0 aliphatic rings. The van der Waals surface area contributed by atoms with Gasteiger partial charge in [-0.1, -0.05) is 18.2 Å². The van der Waals surface area contributed by atoms with Crippen molar-refractivity contribution in [3.05, 3.63) is 66.5 Å². The number of nitrogens with zero attached hydrogens (tertiary/aromatic N) is 3. The molecule has 5 heteroatoms. The first-order valence-corrected chi connectivity index (χ1v) is 6.40. The number of carbonyl (C=O) groups is 1. The molecule has 2 N–H and O–H groups in total. The second-order valence-corrected chi connectivity index (χ2v) is 4.40. The summed E-state index contributed by atoms with van der Waals surface area (Å²) in [5, 5.41) is 0. The Morgan fingerprint density at radius 3 is 2.05 bits per heavy atom. The summed E-state index contributed by atoms with van der Waals surface area (Å²) in [4.78, 5) is 24.2. The number of amides is 1. The van der Waals surface area contributed by atoms with Crippen molar-refractivity contribution in [2.45, 2.75) is 0 Å². The predicted octanol–water partition coefficient (Wildman–Crippen LogP) is 2.30. The van der Waals surface area contributed by atoms with Crippen molar-refractivity contribution >= 4 is 5.91 Å². The van der Waals surface area contributed by atoms with Gasteiger partial charge in [0.15, 0.2) is 0 Å². The van der Waals surface area contributed by atoms with E-state index in [2.05, 4.69) is 15.0 Å². The van der Waals surface area contributed by atoms with E-state index in [-0.39, 0.29) is 5.69 Å². The summed E-state index contributed by atoms with van der Waals surface area (Å²) in [5.74, 6) is -0.558. The van der Waals surface area contributed by atoms with E-state index >= 15 is 0 Å². The maximum Gasteiger partial charge on any atom is 0.267 e. The monoisotopic (exact) mass is 276 g/mol. The SMILES string of the molecule is NC(=O)c1cccc(-c2cccc(-c3ccccn3)n2)n1. The number of rotatable bonds is 3. The molecule has 0 saturated carbocycles. The molecule has 0 saturated heterocycles. The quantitative estimate of drug-likeness (QED) is 0.795. The average Bonchev–Trinajstić information content (AvgIpc) is 2.56. The first-order valence-electron chi connectivity index (χ1n) is 6.40. The maximum atomic E-state index is 11.2. The Bertz CT molecular complexity index is 787. The summed E-state index contributed by atoms with van der Waals surface area (Å²) >= 11 is 0. The van der Waals surface area contributed by atoms with E-state index in [0.29, 0.717) is 11.4 Å². The van der Waals surface area contributed by atoms with E-state index < -0.39 is 5.91 Å². The number of primary amides is 1. The molecule has 0 fully saturated rings. The fourth-order valence-corrected chi connectivity index (χ4v) is 1.95. The van der Waals surface area contributed by atoms with Crippen LogP contribution >= 0.6 is 0 Å². The smallest absolute Gasteiger partial charge is 0.267 e. The Kier molecular flexibility index (Phi) is 3.39. The first kappa shape index (κ1) is 12.9. The van der Waals surface area contributed by atoms with Crippen molar-refractivity contribution in [2.75, 3.05) is 0 Å². The van der Waals surface area contributed by atoms with Gasteiger partial charge in [0.1, 0.15) is 5.69 Å². The summed E-state index contributed by atoms with van der Waals surface area (Å²) < 4.78 is 0. The van der Waals surface area contributed by atoms with Crippen molar-refractivity contribution in [3.8, 4) is 22.8 Å². The van der Waals surface area contributed by atoms with Crippen LogP contribution in [0.4, 0.5) is 0 Å². The minimum atomic E-state index is -0.558. The number of nitrogens with two attached hydrogens (primary N) is 1. The van der Waals surface area contributed by atoms with E-state index in [1.54, 1.807) is 24.4 Å². The summed E-state index contributed by atoms with van der Waals surface area (Å²) in [5.41, 5.74) is 8.27. The maximum absolute atomic E-state index is 11.2. The molecule has 0 atom stereocenters. The van der Waals surface area contributed by atoms with Crippen LogP contribution in [0.2, 0.25) is 0 Å². The van der Waals surface area contributed by atoms with Crippen LogP contribution in [0.15, 0.2) is 60.8 Å². The minimum Gasteiger partial charge on any atom is -0.364 e. The Morgan fingerprint density at radius 2 is 1.38 bits per heavy atom. The van der Waals surface area contributed by atoms with Crippen molar-refractivity contribution in [1.82, 2.24) is 15.0 Å². The molecule has 5 nitrogen and oxygen atoms in total. The molecule has 3 heterocycles. The molecule has 0 bridgehead atoms. The van der Waals surface area contributed by atoms with Crippen LogP contribution in [0.3, 0.4) is 0 Å². The van der Waals surface area contributed by atoms with E-state index in [1.165, 1.54) is 0 Å². The lowest BCUT2D eigenvalue weighted by atomic mass is 10.2. The Labute approximate surface area is 121 Å². The Balaban J connectivity index is 2.04. The predicted molar refractivity (Wildman–Crippen MR) is 79.2 cm³/mol. The van der Waals surface area contributed by atoms with Crippen LogP contribution in [0.25, 0.3) is 22.8 Å². The Hall–Kier alpha value is -3.08. The van der Waals surface area contributed by atoms with Crippen LogP contribution < -0.4 is 5.73 Å². The van der Waals surface area contributed by atoms with Gasteiger partial charge in [-0.25, -0.2) is 9.97 Å². The molecule has 1 amide bonds. The van der Waals surface area contributed by atoms with E-state index in [1.807, 2.05) is 36.4 Å². The van der Waals surface area contributed by atoms with Crippen LogP contribution in [-0.2, 0) is 0 Å². The standard InChI is InChI=1S/C16H12N4O/c17-16(21)15-9-4-8-14(20-15)13-7-3-6-12(19-13)11-5-1-2-10-18-11/h1-10H,(H2,17,21). The van der Waals surface area contributed by atoms with Crippen LogP contribution in [-0.4, -0.2) is 20.9 Å². The van der Waals surface area contributed by atoms with E-state index in [4.69, 9.17) is 5.73 Å². The average molecular weight is 276 g/mol. The van der Waals surface area contributed by atoms with Crippen LogP contribution in [0.5, 0.6) is 0 Å². The molecular formula is C16H12N4O. The first-order chi connectivity index (χ1) is 10.2. The molecule has 0 spiro atoms. The third kappa shape index (κ3) is 2.76. The molecule has 3 rings (SSSR count). The van der Waals surface area contributed by atoms with Gasteiger partial charge in [0.2, 0.25) is 0 Å². The highest BCUT2D eigenvalue weighted by Crippen LogP contribution is 2.20. The van der Waals surface area contributed by atoms with E-state index in [0.717, 1.165) is 11.4 Å². The molecule has 21 heavy (non-hydrogen) atoms. The summed E-state index contributed by atoms with van der Waals surface area (Å²) in [6, 6.07) is 16.3. The highest BCUT2D eigenvalue weighted by atomic mass is 16.1. The van der Waals surface area contributed by atoms with Crippen molar-refractivity contribution < 1.29 is 4.79 Å². The number of hydrogen-bond acceptors (Lipinski definition) is 4. The van der Waals surface area contributed by atoms with Gasteiger partial charge in [0, 0.05) is 6.20 Å². The molecule has 0 radical (unpaired) electrons. The van der Waals surface area contributed by atoms with Gasteiger partial charge in [-0.2, -0.15) is 0 Å².